The molecule has 1 aliphatic heterocycles. The molecule has 0 radical (unpaired) electrons. The Morgan fingerprint density at radius 1 is 1.10 bits per heavy atom. The van der Waals surface area contributed by atoms with Gasteiger partial charge < -0.3 is 14.8 Å². The first-order valence-electron chi connectivity index (χ1n) is 9.32. The van der Waals surface area contributed by atoms with E-state index in [0.717, 1.165) is 0 Å². The Morgan fingerprint density at radius 2 is 1.90 bits per heavy atom. The van der Waals surface area contributed by atoms with E-state index in [0.29, 0.717) is 52.3 Å². The van der Waals surface area contributed by atoms with Crippen molar-refractivity contribution in [2.24, 2.45) is 0 Å². The van der Waals surface area contributed by atoms with E-state index in [-0.39, 0.29) is 17.5 Å². The number of hydrogen-bond acceptors (Lipinski definition) is 8. The van der Waals surface area contributed by atoms with Crippen molar-refractivity contribution in [2.45, 2.75) is 5.03 Å². The maximum atomic E-state index is 13.2. The summed E-state index contributed by atoms with van der Waals surface area (Å²) >= 11 is 1.22. The van der Waals surface area contributed by atoms with E-state index in [1.807, 2.05) is 0 Å². The second kappa shape index (κ2) is 8.19. The number of halogens is 1. The van der Waals surface area contributed by atoms with Gasteiger partial charge in [-0.15, -0.1) is 5.10 Å². The minimum atomic E-state index is -0.344. The minimum absolute atomic E-state index is 0.115. The Hall–Kier alpha value is -3.73. The van der Waals surface area contributed by atoms with Gasteiger partial charge in [-0.05, 0) is 36.4 Å². The van der Waals surface area contributed by atoms with Gasteiger partial charge in [-0.3, -0.25) is 4.79 Å². The number of thioether (sulfide) groups is 1. The largest absolute Gasteiger partial charge is 0.486 e. The van der Waals surface area contributed by atoms with Crippen LogP contribution in [-0.2, 0) is 4.79 Å². The van der Waals surface area contributed by atoms with Crippen molar-refractivity contribution < 1.29 is 18.7 Å². The number of carbonyl (C=O) groups is 1. The summed E-state index contributed by atoms with van der Waals surface area (Å²) in [7, 11) is 0. The van der Waals surface area contributed by atoms with E-state index in [2.05, 4.69) is 25.6 Å². The second-order valence-electron chi connectivity index (χ2n) is 6.52. The van der Waals surface area contributed by atoms with Crippen LogP contribution in [0.4, 0.5) is 10.1 Å². The molecule has 31 heavy (non-hydrogen) atoms. The summed E-state index contributed by atoms with van der Waals surface area (Å²) in [6.07, 6.45) is 1.38. The first-order chi connectivity index (χ1) is 15.2. The van der Waals surface area contributed by atoms with Crippen molar-refractivity contribution in [2.75, 3.05) is 24.3 Å². The summed E-state index contributed by atoms with van der Waals surface area (Å²) in [5.41, 5.74) is 2.17. The molecule has 0 atom stereocenters. The molecule has 5 rings (SSSR count). The van der Waals surface area contributed by atoms with Crippen LogP contribution < -0.4 is 14.8 Å². The van der Waals surface area contributed by atoms with Crippen molar-refractivity contribution in [1.29, 1.82) is 0 Å². The Bertz CT molecular complexity index is 1260. The van der Waals surface area contributed by atoms with E-state index >= 15 is 0 Å². The highest BCUT2D eigenvalue weighted by atomic mass is 32.2. The van der Waals surface area contributed by atoms with Crippen molar-refractivity contribution in [1.82, 2.24) is 25.0 Å². The average Bonchev–Trinajstić information content (AvgIpc) is 3.23. The molecular formula is C20H15FN6O3S. The summed E-state index contributed by atoms with van der Waals surface area (Å²) in [4.78, 5) is 20.9. The number of nitrogens with zero attached hydrogens (tertiary/aromatic N) is 5. The number of ether oxygens (including phenoxy) is 2. The molecular weight excluding hydrogens is 423 g/mol. The fourth-order valence-electron chi connectivity index (χ4n) is 3.04. The molecule has 2 aromatic carbocycles. The number of nitrogens with one attached hydrogen (secondary N) is 1. The van der Waals surface area contributed by atoms with E-state index in [1.165, 1.54) is 34.9 Å². The molecule has 0 saturated carbocycles. The minimum Gasteiger partial charge on any atom is -0.486 e. The fourth-order valence-corrected chi connectivity index (χ4v) is 3.77. The van der Waals surface area contributed by atoms with Crippen LogP contribution in [0.5, 0.6) is 11.5 Å². The van der Waals surface area contributed by atoms with Crippen LogP contribution in [-0.4, -0.2) is 49.8 Å². The predicted octanol–water partition coefficient (Wildman–Crippen LogP) is 2.85. The summed E-state index contributed by atoms with van der Waals surface area (Å²) in [6, 6.07) is 11.1. The Morgan fingerprint density at radius 3 is 2.74 bits per heavy atom. The van der Waals surface area contributed by atoms with Gasteiger partial charge in [0.05, 0.1) is 11.4 Å². The number of benzene rings is 2. The first kappa shape index (κ1) is 19.2. The van der Waals surface area contributed by atoms with E-state index in [4.69, 9.17) is 9.47 Å². The number of hydrogen-bond donors (Lipinski definition) is 1. The van der Waals surface area contributed by atoms with Crippen molar-refractivity contribution >= 4 is 34.5 Å². The zero-order valence-corrected chi connectivity index (χ0v) is 16.8. The second-order valence-corrected chi connectivity index (χ2v) is 7.49. The number of fused-ring (bicyclic) bond motifs is 2. The van der Waals surface area contributed by atoms with Gasteiger partial charge in [-0.2, -0.15) is 4.68 Å². The van der Waals surface area contributed by atoms with E-state index in [1.54, 1.807) is 30.3 Å². The topological polar surface area (TPSA) is 104 Å². The standard InChI is InChI=1S/C20H15FN6O3S/c21-12-1-4-14(5-2-12)27-19-18(25-26-27)20(23-11-22-19)31-10-17(28)24-13-3-6-15-16(9-13)30-8-7-29-15/h1-6,9,11H,7-8,10H2,(H,24,28). The van der Waals surface area contributed by atoms with Crippen LogP contribution in [0.15, 0.2) is 53.8 Å². The quantitative estimate of drug-likeness (QED) is 0.375. The van der Waals surface area contributed by atoms with Gasteiger partial charge in [-0.25, -0.2) is 14.4 Å². The monoisotopic (exact) mass is 438 g/mol. The first-order valence-corrected chi connectivity index (χ1v) is 10.3. The number of amides is 1. The molecule has 0 aliphatic carbocycles. The van der Waals surface area contributed by atoms with Crippen LogP contribution in [0.3, 0.4) is 0 Å². The molecule has 0 unspecified atom stereocenters. The van der Waals surface area contributed by atoms with Crippen LogP contribution >= 0.6 is 11.8 Å². The lowest BCUT2D eigenvalue weighted by molar-refractivity contribution is -0.113. The maximum absolute atomic E-state index is 13.2. The van der Waals surface area contributed by atoms with Gasteiger partial charge in [-0.1, -0.05) is 17.0 Å². The van der Waals surface area contributed by atoms with Gasteiger partial charge in [0.1, 0.15) is 30.4 Å². The van der Waals surface area contributed by atoms with Crippen LogP contribution in [0, 0.1) is 5.82 Å². The number of anilines is 1. The molecule has 11 heteroatoms. The van der Waals surface area contributed by atoms with Crippen LogP contribution in [0.25, 0.3) is 16.9 Å². The Kier molecular flexibility index (Phi) is 5.08. The summed E-state index contributed by atoms with van der Waals surface area (Å²) in [5, 5.41) is 11.6. The third kappa shape index (κ3) is 3.99. The highest BCUT2D eigenvalue weighted by Crippen LogP contribution is 2.32. The third-order valence-electron chi connectivity index (χ3n) is 4.44. The molecule has 0 bridgehead atoms. The van der Waals surface area contributed by atoms with Gasteiger partial charge in [0.2, 0.25) is 5.91 Å². The van der Waals surface area contributed by atoms with E-state index < -0.39 is 0 Å². The fraction of sp³-hybridized carbons (Fsp3) is 0.150. The molecule has 1 amide bonds. The summed E-state index contributed by atoms with van der Waals surface area (Å²) in [6.45, 7) is 0.983. The molecule has 1 aliphatic rings. The molecule has 156 valence electrons. The van der Waals surface area contributed by atoms with Crippen molar-refractivity contribution in [3.8, 4) is 17.2 Å². The smallest absolute Gasteiger partial charge is 0.234 e. The van der Waals surface area contributed by atoms with Gasteiger partial charge in [0.15, 0.2) is 22.7 Å². The molecule has 9 nitrogen and oxygen atoms in total. The van der Waals surface area contributed by atoms with Crippen LogP contribution in [0.2, 0.25) is 0 Å². The molecule has 2 aromatic heterocycles. The van der Waals surface area contributed by atoms with Crippen LogP contribution in [0.1, 0.15) is 0 Å². The number of carbonyl (C=O) groups excluding carboxylic acids is 1. The van der Waals surface area contributed by atoms with Gasteiger partial charge >= 0.3 is 0 Å². The van der Waals surface area contributed by atoms with Gasteiger partial charge in [0.25, 0.3) is 0 Å². The highest BCUT2D eigenvalue weighted by molar-refractivity contribution is 8.00. The Balaban J connectivity index is 1.29. The molecule has 3 heterocycles. The Labute approximate surface area is 179 Å². The molecule has 1 N–H and O–H groups in total. The SMILES string of the molecule is O=C(CSc1ncnc2c1nnn2-c1ccc(F)cc1)Nc1ccc2c(c1)OCCO2. The van der Waals surface area contributed by atoms with Crippen molar-refractivity contribution in [3.05, 3.63) is 54.6 Å². The molecule has 0 spiro atoms. The highest BCUT2D eigenvalue weighted by Gasteiger charge is 2.16. The summed E-state index contributed by atoms with van der Waals surface area (Å²) < 4.78 is 25.7. The van der Waals surface area contributed by atoms with Gasteiger partial charge in [0, 0.05) is 11.8 Å². The molecule has 0 saturated heterocycles. The predicted molar refractivity (Wildman–Crippen MR) is 111 cm³/mol. The summed E-state index contributed by atoms with van der Waals surface area (Å²) in [5.74, 6) is 0.824. The zero-order valence-electron chi connectivity index (χ0n) is 16.0. The lowest BCUT2D eigenvalue weighted by atomic mass is 10.2. The normalized spacial score (nSPS) is 12.7. The number of aromatic nitrogens is 5. The number of rotatable bonds is 5. The lowest BCUT2D eigenvalue weighted by Crippen LogP contribution is -2.17. The molecule has 4 aromatic rings. The lowest BCUT2D eigenvalue weighted by Gasteiger charge is -2.18. The third-order valence-corrected chi connectivity index (χ3v) is 5.42. The zero-order chi connectivity index (χ0) is 21.2. The average molecular weight is 438 g/mol. The maximum Gasteiger partial charge on any atom is 0.234 e. The van der Waals surface area contributed by atoms with Crippen molar-refractivity contribution in [3.63, 3.8) is 0 Å². The molecule has 0 fully saturated rings. The van der Waals surface area contributed by atoms with E-state index in [9.17, 15) is 9.18 Å².